The second kappa shape index (κ2) is 7.85. The van der Waals surface area contributed by atoms with E-state index in [1.165, 1.54) is 10.3 Å². The van der Waals surface area contributed by atoms with E-state index in [4.69, 9.17) is 5.73 Å². The number of nitrogens with one attached hydrogen (secondary N) is 1. The first-order valence-corrected chi connectivity index (χ1v) is 9.55. The molecule has 1 aromatic heterocycles. The molecule has 0 saturated carbocycles. The maximum absolute atomic E-state index is 12.0. The summed E-state index contributed by atoms with van der Waals surface area (Å²) in [7, 11) is 0. The zero-order chi connectivity index (χ0) is 20.3. The van der Waals surface area contributed by atoms with Gasteiger partial charge in [0.05, 0.1) is 6.20 Å². The molecule has 144 valence electrons. The Hall–Kier alpha value is -3.51. The Morgan fingerprint density at radius 2 is 1.24 bits per heavy atom. The van der Waals surface area contributed by atoms with E-state index in [1.54, 1.807) is 0 Å². The average molecular weight is 401 g/mol. The monoisotopic (exact) mass is 400 g/mol. The average Bonchev–Trinajstić information content (AvgIpc) is 3.14. The molecular formula is C23H20N4OS. The SMILES string of the molecule is NC(=O)c1cnn(S)c1NC(c1ccccc1)(c1ccccc1)c1ccccc1. The van der Waals surface area contributed by atoms with Gasteiger partial charge in [0.1, 0.15) is 16.9 Å². The molecule has 0 unspecified atom stereocenters. The van der Waals surface area contributed by atoms with Crippen LogP contribution in [0.15, 0.2) is 97.2 Å². The van der Waals surface area contributed by atoms with Crippen LogP contribution >= 0.6 is 12.8 Å². The first-order chi connectivity index (χ1) is 14.1. The predicted octanol–water partition coefficient (Wildman–Crippen LogP) is 4.08. The predicted molar refractivity (Wildman–Crippen MR) is 118 cm³/mol. The molecule has 0 aliphatic carbocycles. The van der Waals surface area contributed by atoms with E-state index in [0.29, 0.717) is 5.82 Å². The number of primary amides is 1. The molecule has 1 heterocycles. The van der Waals surface area contributed by atoms with Gasteiger partial charge in [-0.3, -0.25) is 4.79 Å². The van der Waals surface area contributed by atoms with E-state index in [0.717, 1.165) is 16.7 Å². The largest absolute Gasteiger partial charge is 0.365 e. The van der Waals surface area contributed by atoms with Crippen molar-refractivity contribution in [2.24, 2.45) is 5.73 Å². The molecule has 0 fully saturated rings. The lowest BCUT2D eigenvalue weighted by Gasteiger charge is -2.37. The van der Waals surface area contributed by atoms with Gasteiger partial charge in [0.2, 0.25) is 0 Å². The first kappa shape index (κ1) is 18.8. The normalized spacial score (nSPS) is 11.2. The molecule has 1 amide bonds. The lowest BCUT2D eigenvalue weighted by Crippen LogP contribution is -2.39. The molecule has 0 saturated heterocycles. The van der Waals surface area contributed by atoms with Crippen molar-refractivity contribution in [3.63, 3.8) is 0 Å². The van der Waals surface area contributed by atoms with Crippen LogP contribution < -0.4 is 11.1 Å². The maximum atomic E-state index is 12.0. The van der Waals surface area contributed by atoms with E-state index in [2.05, 4.69) is 59.6 Å². The first-order valence-electron chi connectivity index (χ1n) is 9.15. The van der Waals surface area contributed by atoms with Crippen molar-refractivity contribution in [3.05, 3.63) is 119 Å². The third kappa shape index (κ3) is 3.39. The Morgan fingerprint density at radius 1 is 0.828 bits per heavy atom. The summed E-state index contributed by atoms with van der Waals surface area (Å²) in [6.45, 7) is 0. The molecule has 5 nitrogen and oxygen atoms in total. The highest BCUT2D eigenvalue weighted by atomic mass is 32.1. The van der Waals surface area contributed by atoms with Crippen LogP contribution in [0.25, 0.3) is 0 Å². The Bertz CT molecular complexity index is 1010. The van der Waals surface area contributed by atoms with Crippen LogP contribution in [0.2, 0.25) is 0 Å². The summed E-state index contributed by atoms with van der Waals surface area (Å²) in [4.78, 5) is 12.0. The summed E-state index contributed by atoms with van der Waals surface area (Å²) in [6.07, 6.45) is 1.42. The van der Waals surface area contributed by atoms with Crippen LogP contribution in [0.5, 0.6) is 0 Å². The summed E-state index contributed by atoms with van der Waals surface area (Å²) >= 11 is 4.40. The van der Waals surface area contributed by atoms with Crippen molar-refractivity contribution < 1.29 is 4.79 Å². The van der Waals surface area contributed by atoms with E-state index >= 15 is 0 Å². The maximum Gasteiger partial charge on any atom is 0.254 e. The van der Waals surface area contributed by atoms with Gasteiger partial charge in [-0.05, 0) is 29.5 Å². The van der Waals surface area contributed by atoms with Gasteiger partial charge in [0, 0.05) is 0 Å². The molecular weight excluding hydrogens is 380 g/mol. The van der Waals surface area contributed by atoms with E-state index in [-0.39, 0.29) is 5.56 Å². The van der Waals surface area contributed by atoms with Crippen LogP contribution in [-0.2, 0) is 5.54 Å². The second-order valence-electron chi connectivity index (χ2n) is 6.63. The van der Waals surface area contributed by atoms with Crippen LogP contribution in [0.1, 0.15) is 27.0 Å². The number of anilines is 1. The summed E-state index contributed by atoms with van der Waals surface area (Å²) in [5.74, 6) is -0.145. The van der Waals surface area contributed by atoms with Crippen molar-refractivity contribution >= 4 is 24.5 Å². The number of carbonyl (C=O) groups is 1. The van der Waals surface area contributed by atoms with Gasteiger partial charge < -0.3 is 11.1 Å². The number of rotatable bonds is 6. The number of hydrogen-bond acceptors (Lipinski definition) is 4. The molecule has 6 heteroatoms. The zero-order valence-electron chi connectivity index (χ0n) is 15.6. The van der Waals surface area contributed by atoms with E-state index in [9.17, 15) is 4.79 Å². The molecule has 0 radical (unpaired) electrons. The fourth-order valence-corrected chi connectivity index (χ4v) is 3.80. The highest BCUT2D eigenvalue weighted by molar-refractivity contribution is 7.78. The molecule has 4 rings (SSSR count). The van der Waals surface area contributed by atoms with Gasteiger partial charge in [-0.2, -0.15) is 9.19 Å². The number of thiol groups is 1. The molecule has 0 bridgehead atoms. The van der Waals surface area contributed by atoms with Gasteiger partial charge in [-0.25, -0.2) is 0 Å². The topological polar surface area (TPSA) is 72.9 Å². The number of nitrogens with zero attached hydrogens (tertiary/aromatic N) is 2. The number of amides is 1. The molecule has 4 aromatic rings. The fraction of sp³-hybridized carbons (Fsp3) is 0.0435. The number of carbonyl (C=O) groups excluding carboxylic acids is 1. The summed E-state index contributed by atoms with van der Waals surface area (Å²) in [5, 5.41) is 7.68. The van der Waals surface area contributed by atoms with Crippen molar-refractivity contribution in [3.8, 4) is 0 Å². The molecule has 29 heavy (non-hydrogen) atoms. The van der Waals surface area contributed by atoms with Gasteiger partial charge >= 0.3 is 0 Å². The van der Waals surface area contributed by atoms with Crippen molar-refractivity contribution in [2.75, 3.05) is 5.32 Å². The number of benzene rings is 3. The standard InChI is InChI=1S/C23H20N4OS/c24-21(28)20-16-25-27(29)22(20)26-23(17-10-4-1-5-11-17,18-12-6-2-7-13-18)19-14-8-3-9-15-19/h1-16,26,29H,(H2,24,28). The molecule has 3 aromatic carbocycles. The Morgan fingerprint density at radius 3 is 1.62 bits per heavy atom. The minimum absolute atomic E-state index is 0.271. The number of aromatic nitrogens is 2. The van der Waals surface area contributed by atoms with E-state index < -0.39 is 11.4 Å². The molecule has 0 aliphatic rings. The van der Waals surface area contributed by atoms with Gasteiger partial charge in [0.25, 0.3) is 5.91 Å². The second-order valence-corrected chi connectivity index (χ2v) is 7.01. The lowest BCUT2D eigenvalue weighted by atomic mass is 9.77. The lowest BCUT2D eigenvalue weighted by molar-refractivity contribution is 0.100. The molecule has 0 atom stereocenters. The Labute approximate surface area is 174 Å². The Balaban J connectivity index is 2.04. The zero-order valence-corrected chi connectivity index (χ0v) is 16.5. The molecule has 0 spiro atoms. The molecule has 0 aliphatic heterocycles. The minimum atomic E-state index is -0.797. The summed E-state index contributed by atoms with van der Waals surface area (Å²) in [6, 6.07) is 30.2. The van der Waals surface area contributed by atoms with Crippen molar-refractivity contribution in [2.45, 2.75) is 5.54 Å². The number of hydrogen-bond donors (Lipinski definition) is 3. The van der Waals surface area contributed by atoms with Crippen LogP contribution in [0, 0.1) is 0 Å². The van der Waals surface area contributed by atoms with Crippen LogP contribution in [-0.4, -0.2) is 15.1 Å². The quantitative estimate of drug-likeness (QED) is 0.337. The molecule has 3 N–H and O–H groups in total. The fourth-order valence-electron chi connectivity index (χ4n) is 3.60. The van der Waals surface area contributed by atoms with E-state index in [1.807, 2.05) is 54.6 Å². The van der Waals surface area contributed by atoms with Crippen molar-refractivity contribution in [1.29, 1.82) is 0 Å². The van der Waals surface area contributed by atoms with Gasteiger partial charge in [-0.15, -0.1) is 0 Å². The summed E-state index contributed by atoms with van der Waals surface area (Å²) < 4.78 is 1.34. The van der Waals surface area contributed by atoms with Gasteiger partial charge in [0.15, 0.2) is 0 Å². The third-order valence-electron chi connectivity index (χ3n) is 4.94. The van der Waals surface area contributed by atoms with Crippen LogP contribution in [0.3, 0.4) is 0 Å². The van der Waals surface area contributed by atoms with Crippen LogP contribution in [0.4, 0.5) is 5.82 Å². The van der Waals surface area contributed by atoms with Gasteiger partial charge in [-0.1, -0.05) is 91.0 Å². The third-order valence-corrected chi connectivity index (χ3v) is 5.25. The Kier molecular flexibility index (Phi) is 5.10. The number of nitrogens with two attached hydrogens (primary N) is 1. The smallest absolute Gasteiger partial charge is 0.254 e. The highest BCUT2D eigenvalue weighted by Gasteiger charge is 2.38. The summed E-state index contributed by atoms with van der Waals surface area (Å²) in [5.41, 5.74) is 8.08. The highest BCUT2D eigenvalue weighted by Crippen LogP contribution is 2.40. The van der Waals surface area contributed by atoms with Crippen molar-refractivity contribution in [1.82, 2.24) is 9.19 Å². The minimum Gasteiger partial charge on any atom is -0.365 e.